The number of nitrogens with one attached hydrogen (secondary N) is 1. The van der Waals surface area contributed by atoms with Crippen LogP contribution in [0, 0.1) is 11.7 Å². The number of anilines is 1. The SMILES string of the molecule is CC1CCN(C(=O)Nc2cccc(-c3cncc(F)c3)c2)CC1.I.[HH]. The fourth-order valence-corrected chi connectivity index (χ4v) is 2.76. The van der Waals surface area contributed by atoms with Gasteiger partial charge in [0.1, 0.15) is 5.82 Å². The fourth-order valence-electron chi connectivity index (χ4n) is 2.76. The van der Waals surface area contributed by atoms with Crippen LogP contribution in [0.15, 0.2) is 42.7 Å². The first kappa shape index (κ1) is 18.6. The summed E-state index contributed by atoms with van der Waals surface area (Å²) < 4.78 is 13.3. The van der Waals surface area contributed by atoms with Crippen LogP contribution in [-0.2, 0) is 0 Å². The predicted molar refractivity (Wildman–Crippen MR) is 106 cm³/mol. The second-order valence-corrected chi connectivity index (χ2v) is 6.07. The fraction of sp³-hybridized carbons (Fsp3) is 0.333. The van der Waals surface area contributed by atoms with Crippen LogP contribution in [0.3, 0.4) is 0 Å². The zero-order valence-corrected chi connectivity index (χ0v) is 15.9. The lowest BCUT2D eigenvalue weighted by molar-refractivity contribution is 0.186. The van der Waals surface area contributed by atoms with E-state index in [1.165, 1.54) is 12.3 Å². The number of rotatable bonds is 2. The Labute approximate surface area is 160 Å². The molecule has 0 saturated carbocycles. The average molecular weight is 443 g/mol. The minimum Gasteiger partial charge on any atom is -0.325 e. The largest absolute Gasteiger partial charge is 0.325 e. The molecular weight excluding hydrogens is 420 g/mol. The molecule has 6 heteroatoms. The zero-order valence-electron chi connectivity index (χ0n) is 13.5. The normalized spacial score (nSPS) is 14.8. The smallest absolute Gasteiger partial charge is 0.321 e. The minimum absolute atomic E-state index is 0. The highest BCUT2D eigenvalue weighted by Gasteiger charge is 2.20. The van der Waals surface area contributed by atoms with Crippen LogP contribution in [0.2, 0.25) is 0 Å². The van der Waals surface area contributed by atoms with Gasteiger partial charge in [-0.25, -0.2) is 9.18 Å². The van der Waals surface area contributed by atoms with Gasteiger partial charge < -0.3 is 10.2 Å². The lowest BCUT2D eigenvalue weighted by Crippen LogP contribution is -2.40. The van der Waals surface area contributed by atoms with Crippen molar-refractivity contribution >= 4 is 35.7 Å². The van der Waals surface area contributed by atoms with Gasteiger partial charge in [-0.1, -0.05) is 19.1 Å². The number of hydrogen-bond donors (Lipinski definition) is 1. The highest BCUT2D eigenvalue weighted by atomic mass is 127. The molecule has 0 aliphatic carbocycles. The molecule has 0 atom stereocenters. The summed E-state index contributed by atoms with van der Waals surface area (Å²) in [7, 11) is 0. The number of aromatic nitrogens is 1. The molecule has 0 unspecified atom stereocenters. The molecule has 1 aliphatic rings. The van der Waals surface area contributed by atoms with E-state index in [9.17, 15) is 9.18 Å². The van der Waals surface area contributed by atoms with Gasteiger partial charge in [0.05, 0.1) is 6.20 Å². The van der Waals surface area contributed by atoms with Crippen LogP contribution in [0.25, 0.3) is 11.1 Å². The Morgan fingerprint density at radius 3 is 2.71 bits per heavy atom. The summed E-state index contributed by atoms with van der Waals surface area (Å²) in [4.78, 5) is 18.0. The Morgan fingerprint density at radius 2 is 2.00 bits per heavy atom. The van der Waals surface area contributed by atoms with Gasteiger partial charge in [-0.15, -0.1) is 24.0 Å². The molecule has 2 aromatic rings. The van der Waals surface area contributed by atoms with Crippen molar-refractivity contribution in [3.8, 4) is 11.1 Å². The van der Waals surface area contributed by atoms with E-state index >= 15 is 0 Å². The summed E-state index contributed by atoms with van der Waals surface area (Å²) in [6.07, 6.45) is 4.87. The molecule has 1 fully saturated rings. The van der Waals surface area contributed by atoms with Gasteiger partial charge >= 0.3 is 6.03 Å². The minimum atomic E-state index is -0.376. The number of piperidine rings is 1. The second kappa shape index (κ2) is 8.41. The van der Waals surface area contributed by atoms with Crippen molar-refractivity contribution in [3.63, 3.8) is 0 Å². The molecule has 1 aliphatic heterocycles. The summed E-state index contributed by atoms with van der Waals surface area (Å²) in [6, 6.07) is 8.73. The van der Waals surface area contributed by atoms with Gasteiger partial charge in [0.25, 0.3) is 0 Å². The number of halogens is 2. The maximum Gasteiger partial charge on any atom is 0.321 e. The van der Waals surface area contributed by atoms with Gasteiger partial charge in [0.2, 0.25) is 0 Å². The van der Waals surface area contributed by atoms with Crippen LogP contribution in [0.4, 0.5) is 14.9 Å². The summed E-state index contributed by atoms with van der Waals surface area (Å²) in [5.74, 6) is 0.308. The van der Waals surface area contributed by atoms with Crippen LogP contribution in [-0.4, -0.2) is 29.0 Å². The van der Waals surface area contributed by atoms with E-state index in [2.05, 4.69) is 17.2 Å². The van der Waals surface area contributed by atoms with E-state index < -0.39 is 0 Å². The summed E-state index contributed by atoms with van der Waals surface area (Å²) in [5, 5.41) is 2.92. The topological polar surface area (TPSA) is 45.2 Å². The third-order valence-electron chi connectivity index (χ3n) is 4.22. The zero-order chi connectivity index (χ0) is 16.2. The molecule has 0 spiro atoms. The Morgan fingerprint density at radius 1 is 1.25 bits per heavy atom. The van der Waals surface area contributed by atoms with E-state index in [0.717, 1.165) is 31.5 Å². The monoisotopic (exact) mass is 443 g/mol. The lowest BCUT2D eigenvalue weighted by Gasteiger charge is -2.30. The highest BCUT2D eigenvalue weighted by molar-refractivity contribution is 14.0. The van der Waals surface area contributed by atoms with E-state index in [4.69, 9.17) is 0 Å². The predicted octanol–water partition coefficient (Wildman–Crippen LogP) is 5.02. The first-order chi connectivity index (χ1) is 11.1. The molecule has 4 nitrogen and oxygen atoms in total. The molecule has 2 heterocycles. The molecule has 3 rings (SSSR count). The van der Waals surface area contributed by atoms with Crippen LogP contribution in [0.5, 0.6) is 0 Å². The van der Waals surface area contributed by atoms with Crippen molar-refractivity contribution in [1.29, 1.82) is 0 Å². The Hall–Kier alpha value is -1.70. The molecular formula is C18H23FIN3O. The number of urea groups is 1. The number of nitrogens with zero attached hydrogens (tertiary/aromatic N) is 2. The Bertz CT molecular complexity index is 708. The van der Waals surface area contributed by atoms with Crippen LogP contribution in [0.1, 0.15) is 21.2 Å². The molecule has 130 valence electrons. The molecule has 2 amide bonds. The number of pyridine rings is 1. The number of likely N-dealkylation sites (tertiary alicyclic amines) is 1. The quantitative estimate of drug-likeness (QED) is 0.663. The molecule has 1 aromatic heterocycles. The number of hydrogen-bond acceptors (Lipinski definition) is 2. The van der Waals surface area contributed by atoms with Gasteiger partial charge in [-0.3, -0.25) is 4.98 Å². The Kier molecular flexibility index (Phi) is 6.53. The number of carbonyl (C=O) groups excluding carboxylic acids is 1. The molecule has 1 aromatic carbocycles. The third-order valence-corrected chi connectivity index (χ3v) is 4.22. The summed E-state index contributed by atoms with van der Waals surface area (Å²) in [6.45, 7) is 3.80. The van der Waals surface area contributed by atoms with E-state index in [-0.39, 0.29) is 37.3 Å². The number of benzene rings is 1. The number of amides is 2. The van der Waals surface area contributed by atoms with E-state index in [1.807, 2.05) is 29.2 Å². The van der Waals surface area contributed by atoms with Crippen LogP contribution < -0.4 is 5.32 Å². The average Bonchev–Trinajstić information content (AvgIpc) is 2.56. The molecule has 0 radical (unpaired) electrons. The van der Waals surface area contributed by atoms with Crippen molar-refractivity contribution in [2.24, 2.45) is 5.92 Å². The molecule has 1 N–H and O–H groups in total. The maximum atomic E-state index is 13.3. The van der Waals surface area contributed by atoms with Gasteiger partial charge in [0.15, 0.2) is 0 Å². The van der Waals surface area contributed by atoms with Gasteiger partial charge in [-0.05, 0) is 42.5 Å². The highest BCUT2D eigenvalue weighted by Crippen LogP contribution is 2.23. The van der Waals surface area contributed by atoms with E-state index in [1.54, 1.807) is 6.20 Å². The summed E-state index contributed by atoms with van der Waals surface area (Å²) >= 11 is 0. The van der Waals surface area contributed by atoms with Gasteiger partial charge in [0, 0.05) is 32.0 Å². The second-order valence-electron chi connectivity index (χ2n) is 6.07. The molecule has 1 saturated heterocycles. The lowest BCUT2D eigenvalue weighted by atomic mass is 10.00. The van der Waals surface area contributed by atoms with Crippen molar-refractivity contribution in [3.05, 3.63) is 48.5 Å². The third kappa shape index (κ3) is 4.66. The first-order valence-electron chi connectivity index (χ1n) is 7.89. The van der Waals surface area contributed by atoms with Gasteiger partial charge in [-0.2, -0.15) is 0 Å². The summed E-state index contributed by atoms with van der Waals surface area (Å²) in [5.41, 5.74) is 2.21. The standard InChI is InChI=1S/C18H20FN3O.HI.H2/c1-13-5-7-22(8-6-13)18(23)21-17-4-2-3-14(10-17)15-9-16(19)12-20-11-15;;/h2-4,9-13H,5-8H2,1H3,(H,21,23);2*1H. The molecule has 24 heavy (non-hydrogen) atoms. The van der Waals surface area contributed by atoms with Crippen molar-refractivity contribution in [1.82, 2.24) is 9.88 Å². The number of carbonyl (C=O) groups is 1. The van der Waals surface area contributed by atoms with Crippen molar-refractivity contribution in [2.45, 2.75) is 19.8 Å². The molecule has 0 bridgehead atoms. The Balaban J connectivity index is 0.00000156. The first-order valence-corrected chi connectivity index (χ1v) is 7.89. The van der Waals surface area contributed by atoms with Crippen LogP contribution >= 0.6 is 24.0 Å². The van der Waals surface area contributed by atoms with Crippen molar-refractivity contribution in [2.75, 3.05) is 18.4 Å². The van der Waals surface area contributed by atoms with Crippen molar-refractivity contribution < 1.29 is 10.6 Å². The maximum absolute atomic E-state index is 13.3. The van der Waals surface area contributed by atoms with E-state index in [0.29, 0.717) is 17.2 Å².